The Morgan fingerprint density at radius 2 is 1.88 bits per heavy atom. The number of unbranched alkanes of at least 4 members (excludes halogenated alkanes) is 1. The number of carbonyl (C=O) groups is 2. The minimum atomic E-state index is -0.953. The molecule has 0 bridgehead atoms. The smallest absolute Gasteiger partial charge is 0.409 e. The van der Waals surface area contributed by atoms with Crippen molar-refractivity contribution in [1.29, 1.82) is 0 Å². The van der Waals surface area contributed by atoms with Gasteiger partial charge in [0.15, 0.2) is 0 Å². The molecule has 1 aromatic heterocycles. The van der Waals surface area contributed by atoms with E-state index in [1.165, 1.54) is 0 Å². The van der Waals surface area contributed by atoms with Crippen molar-refractivity contribution < 1.29 is 19.4 Å². The zero-order valence-corrected chi connectivity index (χ0v) is 18.6. The van der Waals surface area contributed by atoms with Crippen LogP contribution in [0, 0.1) is 0 Å². The summed E-state index contributed by atoms with van der Waals surface area (Å²) in [5, 5.41) is 13.0. The van der Waals surface area contributed by atoms with Crippen LogP contribution in [0.5, 0.6) is 0 Å². The number of carbonyl (C=O) groups excluding carboxylic acids is 2. The Bertz CT molecular complexity index is 869. The molecule has 2 aromatic rings. The third-order valence-electron chi connectivity index (χ3n) is 5.44. The van der Waals surface area contributed by atoms with E-state index in [0.29, 0.717) is 57.0 Å². The fourth-order valence-corrected chi connectivity index (χ4v) is 3.57. The number of aliphatic hydroxyl groups is 1. The molecule has 1 saturated heterocycles. The van der Waals surface area contributed by atoms with Gasteiger partial charge in [-0.3, -0.25) is 4.79 Å². The van der Waals surface area contributed by atoms with Gasteiger partial charge in [0, 0.05) is 32.4 Å². The van der Waals surface area contributed by atoms with Gasteiger partial charge in [-0.25, -0.2) is 9.78 Å². The number of amides is 2. The highest BCUT2D eigenvalue weighted by Gasteiger charge is 2.26. The standard InChI is InChI=1S/C24H32N4O4/c1-2-3-18-32-24(31)28-16-14-27(15-17-28)22-20(10-7-13-25-22)23(30)26-21(29)12-11-19-8-5-4-6-9-19/h4-10,13,21,29H,2-3,11-12,14-18H2,1H3,(H,26,30). The first-order valence-corrected chi connectivity index (χ1v) is 11.2. The molecule has 2 heterocycles. The molecule has 2 amide bonds. The lowest BCUT2D eigenvalue weighted by Crippen LogP contribution is -2.49. The highest BCUT2D eigenvalue weighted by atomic mass is 16.6. The number of hydrogen-bond acceptors (Lipinski definition) is 6. The summed E-state index contributed by atoms with van der Waals surface area (Å²) in [4.78, 5) is 33.1. The van der Waals surface area contributed by atoms with Gasteiger partial charge in [-0.15, -0.1) is 0 Å². The van der Waals surface area contributed by atoms with E-state index in [2.05, 4.69) is 17.2 Å². The molecule has 172 valence electrons. The van der Waals surface area contributed by atoms with Gasteiger partial charge in [0.1, 0.15) is 12.0 Å². The Morgan fingerprint density at radius 3 is 2.59 bits per heavy atom. The molecule has 1 atom stereocenters. The molecule has 1 unspecified atom stereocenters. The Hall–Kier alpha value is -3.13. The summed E-state index contributed by atoms with van der Waals surface area (Å²) in [5.41, 5.74) is 1.51. The number of benzene rings is 1. The summed E-state index contributed by atoms with van der Waals surface area (Å²) in [6, 6.07) is 13.2. The van der Waals surface area contributed by atoms with E-state index in [4.69, 9.17) is 4.74 Å². The van der Waals surface area contributed by atoms with Gasteiger partial charge in [-0.2, -0.15) is 0 Å². The van der Waals surface area contributed by atoms with E-state index < -0.39 is 6.23 Å². The third-order valence-corrected chi connectivity index (χ3v) is 5.44. The fourth-order valence-electron chi connectivity index (χ4n) is 3.57. The third kappa shape index (κ3) is 6.68. The first-order chi connectivity index (χ1) is 15.6. The van der Waals surface area contributed by atoms with Crippen molar-refractivity contribution in [2.45, 2.75) is 38.8 Å². The predicted molar refractivity (Wildman–Crippen MR) is 123 cm³/mol. The summed E-state index contributed by atoms with van der Waals surface area (Å²) in [6.07, 6.45) is 3.32. The van der Waals surface area contributed by atoms with Crippen LogP contribution in [0.4, 0.5) is 10.6 Å². The van der Waals surface area contributed by atoms with Gasteiger partial charge < -0.3 is 25.0 Å². The van der Waals surface area contributed by atoms with Crippen molar-refractivity contribution in [1.82, 2.24) is 15.2 Å². The zero-order chi connectivity index (χ0) is 22.8. The second-order valence-electron chi connectivity index (χ2n) is 7.83. The molecule has 1 aromatic carbocycles. The maximum Gasteiger partial charge on any atom is 0.409 e. The highest BCUT2D eigenvalue weighted by Crippen LogP contribution is 2.19. The van der Waals surface area contributed by atoms with E-state index in [9.17, 15) is 14.7 Å². The number of ether oxygens (including phenoxy) is 1. The van der Waals surface area contributed by atoms with Crippen molar-refractivity contribution in [2.24, 2.45) is 0 Å². The van der Waals surface area contributed by atoms with Crippen LogP contribution in [-0.2, 0) is 11.2 Å². The minimum absolute atomic E-state index is 0.293. The molecule has 2 N–H and O–H groups in total. The molecular formula is C24H32N4O4. The van der Waals surface area contributed by atoms with E-state index in [-0.39, 0.29) is 12.0 Å². The van der Waals surface area contributed by atoms with Gasteiger partial charge >= 0.3 is 6.09 Å². The van der Waals surface area contributed by atoms with Crippen LogP contribution >= 0.6 is 0 Å². The number of nitrogens with one attached hydrogen (secondary N) is 1. The van der Waals surface area contributed by atoms with Crippen LogP contribution in [0.2, 0.25) is 0 Å². The van der Waals surface area contributed by atoms with Crippen LogP contribution in [-0.4, -0.2) is 66.0 Å². The molecule has 1 aliphatic rings. The maximum absolute atomic E-state index is 12.8. The van der Waals surface area contributed by atoms with Crippen molar-refractivity contribution in [3.8, 4) is 0 Å². The molecule has 1 fully saturated rings. The molecule has 8 nitrogen and oxygen atoms in total. The number of anilines is 1. The van der Waals surface area contributed by atoms with Crippen LogP contribution < -0.4 is 10.2 Å². The first kappa shape index (κ1) is 23.5. The number of hydrogen-bond donors (Lipinski definition) is 2. The molecule has 1 aliphatic heterocycles. The molecule has 0 spiro atoms. The monoisotopic (exact) mass is 440 g/mol. The second kappa shape index (κ2) is 12.0. The zero-order valence-electron chi connectivity index (χ0n) is 18.6. The second-order valence-corrected chi connectivity index (χ2v) is 7.83. The number of piperazine rings is 1. The lowest BCUT2D eigenvalue weighted by atomic mass is 10.1. The SMILES string of the molecule is CCCCOC(=O)N1CCN(c2ncccc2C(=O)NC(O)CCc2ccccc2)CC1. The predicted octanol–water partition coefficient (Wildman–Crippen LogP) is 2.82. The minimum Gasteiger partial charge on any atom is -0.449 e. The molecular weight excluding hydrogens is 408 g/mol. The van der Waals surface area contributed by atoms with Crippen molar-refractivity contribution >= 4 is 17.8 Å². The van der Waals surface area contributed by atoms with Crippen LogP contribution in [0.25, 0.3) is 0 Å². The average molecular weight is 441 g/mol. The lowest BCUT2D eigenvalue weighted by Gasteiger charge is -2.35. The van der Waals surface area contributed by atoms with Crippen LogP contribution in [0.1, 0.15) is 42.1 Å². The summed E-state index contributed by atoms with van der Waals surface area (Å²) < 4.78 is 5.28. The highest BCUT2D eigenvalue weighted by molar-refractivity contribution is 5.99. The fraction of sp³-hybridized carbons (Fsp3) is 0.458. The molecule has 3 rings (SSSR count). The number of nitrogens with zero attached hydrogens (tertiary/aromatic N) is 3. The normalized spacial score (nSPS) is 14.7. The Balaban J connectivity index is 1.54. The number of aromatic nitrogens is 1. The summed E-state index contributed by atoms with van der Waals surface area (Å²) in [5.74, 6) is 0.189. The quantitative estimate of drug-likeness (QED) is 0.460. The molecule has 0 saturated carbocycles. The van der Waals surface area contributed by atoms with Gasteiger partial charge in [0.05, 0.1) is 12.2 Å². The summed E-state index contributed by atoms with van der Waals surface area (Å²) in [7, 11) is 0. The molecule has 32 heavy (non-hydrogen) atoms. The Labute approximate surface area is 189 Å². The van der Waals surface area contributed by atoms with E-state index in [1.807, 2.05) is 35.2 Å². The van der Waals surface area contributed by atoms with Gasteiger partial charge in [0.2, 0.25) is 0 Å². The van der Waals surface area contributed by atoms with Crippen molar-refractivity contribution in [3.63, 3.8) is 0 Å². The number of aliphatic hydroxyl groups excluding tert-OH is 1. The maximum atomic E-state index is 12.8. The largest absolute Gasteiger partial charge is 0.449 e. The number of aryl methyl sites for hydroxylation is 1. The molecule has 0 aliphatic carbocycles. The van der Waals surface area contributed by atoms with E-state index in [1.54, 1.807) is 23.2 Å². The molecule has 8 heteroatoms. The number of rotatable bonds is 9. The lowest BCUT2D eigenvalue weighted by molar-refractivity contribution is 0.0764. The molecule has 0 radical (unpaired) electrons. The van der Waals surface area contributed by atoms with Gasteiger partial charge in [-0.05, 0) is 37.0 Å². The number of pyridine rings is 1. The van der Waals surface area contributed by atoms with Crippen LogP contribution in [0.3, 0.4) is 0 Å². The average Bonchev–Trinajstić information content (AvgIpc) is 2.83. The Kier molecular flexibility index (Phi) is 8.86. The van der Waals surface area contributed by atoms with Crippen molar-refractivity contribution in [2.75, 3.05) is 37.7 Å². The van der Waals surface area contributed by atoms with E-state index in [0.717, 1.165) is 18.4 Å². The summed E-state index contributed by atoms with van der Waals surface area (Å²) in [6.45, 7) is 4.60. The van der Waals surface area contributed by atoms with Crippen molar-refractivity contribution in [3.05, 3.63) is 59.8 Å². The van der Waals surface area contributed by atoms with Crippen LogP contribution in [0.15, 0.2) is 48.7 Å². The summed E-state index contributed by atoms with van der Waals surface area (Å²) >= 11 is 0. The van der Waals surface area contributed by atoms with Gasteiger partial charge in [0.25, 0.3) is 5.91 Å². The first-order valence-electron chi connectivity index (χ1n) is 11.2. The topological polar surface area (TPSA) is 95.0 Å². The van der Waals surface area contributed by atoms with E-state index >= 15 is 0 Å². The Morgan fingerprint density at radius 1 is 1.12 bits per heavy atom. The van der Waals surface area contributed by atoms with Gasteiger partial charge in [-0.1, -0.05) is 43.7 Å².